The Balaban J connectivity index is 1.81. The lowest BCUT2D eigenvalue weighted by molar-refractivity contribution is -0.125. The normalized spacial score (nSPS) is 20.9. The second kappa shape index (κ2) is 6.63. The Morgan fingerprint density at radius 3 is 2.67 bits per heavy atom. The number of fused-ring (bicyclic) bond motifs is 1. The number of nitrogens with one attached hydrogen (secondary N) is 1. The standard InChI is InChI=1S/C21H18N2O3S/c1-21(19(26)23-20-22-9-10-27-20)12-15-8-7-14(18(24)25)11-16(15)17(21)13-5-3-2-4-6-13/h2-11,17H,12H2,1H3,(H,24,25)(H,22,23,26)/t17-,21+/m0/s1. The van der Waals surface area contributed by atoms with Crippen LogP contribution in [-0.4, -0.2) is 22.0 Å². The first-order valence-electron chi connectivity index (χ1n) is 8.61. The maximum atomic E-state index is 13.2. The Bertz CT molecular complexity index is 1000. The van der Waals surface area contributed by atoms with Crippen LogP contribution in [0, 0.1) is 5.41 Å². The first kappa shape index (κ1) is 17.4. The molecule has 2 N–H and O–H groups in total. The van der Waals surface area contributed by atoms with Gasteiger partial charge in [0.05, 0.1) is 11.0 Å². The second-order valence-corrected chi connectivity index (χ2v) is 7.84. The van der Waals surface area contributed by atoms with Crippen molar-refractivity contribution in [3.63, 3.8) is 0 Å². The maximum Gasteiger partial charge on any atom is 0.335 e. The van der Waals surface area contributed by atoms with Crippen molar-refractivity contribution in [2.45, 2.75) is 19.3 Å². The fraction of sp³-hybridized carbons (Fsp3) is 0.190. The zero-order valence-electron chi connectivity index (χ0n) is 14.7. The number of hydrogen-bond acceptors (Lipinski definition) is 4. The summed E-state index contributed by atoms with van der Waals surface area (Å²) in [6.45, 7) is 1.94. The molecule has 3 aromatic rings. The molecule has 0 bridgehead atoms. The Labute approximate surface area is 160 Å². The van der Waals surface area contributed by atoms with Crippen molar-refractivity contribution in [1.29, 1.82) is 0 Å². The van der Waals surface area contributed by atoms with E-state index < -0.39 is 11.4 Å². The number of hydrogen-bond donors (Lipinski definition) is 2. The molecule has 5 nitrogen and oxygen atoms in total. The number of amides is 1. The van der Waals surface area contributed by atoms with Gasteiger partial charge in [-0.15, -0.1) is 11.3 Å². The molecule has 0 spiro atoms. The summed E-state index contributed by atoms with van der Waals surface area (Å²) in [6, 6.07) is 14.9. The van der Waals surface area contributed by atoms with Gasteiger partial charge in [-0.25, -0.2) is 9.78 Å². The van der Waals surface area contributed by atoms with Crippen molar-refractivity contribution < 1.29 is 14.7 Å². The van der Waals surface area contributed by atoms with E-state index in [1.807, 2.05) is 48.7 Å². The first-order chi connectivity index (χ1) is 13.0. The van der Waals surface area contributed by atoms with Crippen LogP contribution in [0.1, 0.15) is 39.9 Å². The van der Waals surface area contributed by atoms with Crippen LogP contribution < -0.4 is 5.32 Å². The summed E-state index contributed by atoms with van der Waals surface area (Å²) in [7, 11) is 0. The van der Waals surface area contributed by atoms with Crippen LogP contribution in [0.2, 0.25) is 0 Å². The summed E-state index contributed by atoms with van der Waals surface area (Å²) in [5.41, 5.74) is 2.39. The third-order valence-corrected chi connectivity index (χ3v) is 5.89. The van der Waals surface area contributed by atoms with Crippen LogP contribution in [0.3, 0.4) is 0 Å². The summed E-state index contributed by atoms with van der Waals surface area (Å²) < 4.78 is 0. The molecule has 0 saturated heterocycles. The number of aromatic nitrogens is 1. The highest BCUT2D eigenvalue weighted by Crippen LogP contribution is 2.51. The molecule has 1 aliphatic rings. The van der Waals surface area contributed by atoms with Gasteiger partial charge in [0, 0.05) is 17.5 Å². The molecule has 27 heavy (non-hydrogen) atoms. The van der Waals surface area contributed by atoms with Gasteiger partial charge in [-0.1, -0.05) is 36.4 Å². The molecule has 4 rings (SSSR count). The highest BCUT2D eigenvalue weighted by Gasteiger charge is 2.49. The van der Waals surface area contributed by atoms with E-state index in [0.717, 1.165) is 16.7 Å². The predicted octanol–water partition coefficient (Wildman–Crippen LogP) is 4.17. The van der Waals surface area contributed by atoms with E-state index in [1.165, 1.54) is 11.3 Å². The molecule has 2 atom stereocenters. The highest BCUT2D eigenvalue weighted by atomic mass is 32.1. The third kappa shape index (κ3) is 3.02. The number of nitrogens with zero attached hydrogens (tertiary/aromatic N) is 1. The zero-order chi connectivity index (χ0) is 19.0. The summed E-state index contributed by atoms with van der Waals surface area (Å²) in [5, 5.41) is 14.7. The summed E-state index contributed by atoms with van der Waals surface area (Å²) in [5.74, 6) is -1.31. The molecule has 0 radical (unpaired) electrons. The topological polar surface area (TPSA) is 79.3 Å². The molecule has 6 heteroatoms. The number of carbonyl (C=O) groups is 2. The first-order valence-corrected chi connectivity index (χ1v) is 9.49. The molecule has 0 aliphatic heterocycles. The largest absolute Gasteiger partial charge is 0.478 e. The van der Waals surface area contributed by atoms with Crippen LogP contribution >= 0.6 is 11.3 Å². The minimum absolute atomic E-state index is 0.112. The van der Waals surface area contributed by atoms with Crippen LogP contribution in [0.15, 0.2) is 60.1 Å². The molecule has 136 valence electrons. The van der Waals surface area contributed by atoms with Gasteiger partial charge in [-0.05, 0) is 42.2 Å². The molecule has 0 fully saturated rings. The minimum Gasteiger partial charge on any atom is -0.478 e. The second-order valence-electron chi connectivity index (χ2n) is 6.95. The molecule has 0 unspecified atom stereocenters. The van der Waals surface area contributed by atoms with Gasteiger partial charge in [-0.2, -0.15) is 0 Å². The highest BCUT2D eigenvalue weighted by molar-refractivity contribution is 7.13. The van der Waals surface area contributed by atoms with Crippen molar-refractivity contribution in [1.82, 2.24) is 4.98 Å². The Morgan fingerprint density at radius 2 is 2.00 bits per heavy atom. The zero-order valence-corrected chi connectivity index (χ0v) is 15.5. The predicted molar refractivity (Wildman–Crippen MR) is 104 cm³/mol. The van der Waals surface area contributed by atoms with Crippen LogP contribution in [0.25, 0.3) is 0 Å². The van der Waals surface area contributed by atoms with Gasteiger partial charge in [0.25, 0.3) is 0 Å². The van der Waals surface area contributed by atoms with E-state index in [1.54, 1.807) is 18.3 Å². The van der Waals surface area contributed by atoms with Crippen molar-refractivity contribution in [3.05, 3.63) is 82.4 Å². The maximum absolute atomic E-state index is 13.2. The molecular weight excluding hydrogens is 360 g/mol. The molecule has 2 aromatic carbocycles. The van der Waals surface area contributed by atoms with Crippen molar-refractivity contribution in [3.8, 4) is 0 Å². The van der Waals surface area contributed by atoms with Crippen LogP contribution in [0.4, 0.5) is 5.13 Å². The fourth-order valence-electron chi connectivity index (χ4n) is 3.93. The number of rotatable bonds is 4. The molecular formula is C21H18N2O3S. The van der Waals surface area contributed by atoms with Crippen molar-refractivity contribution in [2.24, 2.45) is 5.41 Å². The molecule has 1 aliphatic carbocycles. The fourth-order valence-corrected chi connectivity index (χ4v) is 4.45. The lowest BCUT2D eigenvalue weighted by atomic mass is 9.73. The van der Waals surface area contributed by atoms with E-state index in [0.29, 0.717) is 11.6 Å². The summed E-state index contributed by atoms with van der Waals surface area (Å²) >= 11 is 1.38. The third-order valence-electron chi connectivity index (χ3n) is 5.20. The molecule has 0 saturated carbocycles. The lowest BCUT2D eigenvalue weighted by Crippen LogP contribution is -2.37. The van der Waals surface area contributed by atoms with Gasteiger partial charge in [0.15, 0.2) is 5.13 Å². The average Bonchev–Trinajstić information content (AvgIpc) is 3.27. The van der Waals surface area contributed by atoms with E-state index in [-0.39, 0.29) is 17.4 Å². The van der Waals surface area contributed by atoms with Crippen LogP contribution in [0.5, 0.6) is 0 Å². The number of aromatic carboxylic acids is 1. The number of carboxylic acid groups (broad SMARTS) is 1. The van der Waals surface area contributed by atoms with Gasteiger partial charge < -0.3 is 10.4 Å². The number of thiazole rings is 1. The SMILES string of the molecule is C[C@@]1(C(=O)Nc2nccs2)Cc2ccc(C(=O)O)cc2[C@@H]1c1ccccc1. The Morgan fingerprint density at radius 1 is 1.22 bits per heavy atom. The quantitative estimate of drug-likeness (QED) is 0.714. The molecule has 1 aromatic heterocycles. The van der Waals surface area contributed by atoms with E-state index in [9.17, 15) is 14.7 Å². The number of carbonyl (C=O) groups excluding carboxylic acids is 1. The van der Waals surface area contributed by atoms with E-state index >= 15 is 0 Å². The molecule has 1 amide bonds. The number of carboxylic acids is 1. The van der Waals surface area contributed by atoms with Gasteiger partial charge in [0.1, 0.15) is 0 Å². The average molecular weight is 378 g/mol. The van der Waals surface area contributed by atoms with Gasteiger partial charge >= 0.3 is 5.97 Å². The Kier molecular flexibility index (Phi) is 4.28. The monoisotopic (exact) mass is 378 g/mol. The molecule has 1 heterocycles. The van der Waals surface area contributed by atoms with Crippen LogP contribution in [-0.2, 0) is 11.2 Å². The lowest BCUT2D eigenvalue weighted by Gasteiger charge is -2.31. The Hall–Kier alpha value is -2.99. The number of benzene rings is 2. The van der Waals surface area contributed by atoms with Crippen molar-refractivity contribution >= 4 is 28.3 Å². The van der Waals surface area contributed by atoms with Gasteiger partial charge in [0.2, 0.25) is 5.91 Å². The summed E-state index contributed by atoms with van der Waals surface area (Å²) in [6.07, 6.45) is 2.19. The minimum atomic E-state index is -0.967. The van der Waals surface area contributed by atoms with Gasteiger partial charge in [-0.3, -0.25) is 4.79 Å². The van der Waals surface area contributed by atoms with E-state index in [2.05, 4.69) is 10.3 Å². The van der Waals surface area contributed by atoms with Crippen molar-refractivity contribution in [2.75, 3.05) is 5.32 Å². The smallest absolute Gasteiger partial charge is 0.335 e. The summed E-state index contributed by atoms with van der Waals surface area (Å²) in [4.78, 5) is 28.9. The van der Waals surface area contributed by atoms with E-state index in [4.69, 9.17) is 0 Å². The number of anilines is 1.